The monoisotopic (exact) mass is 910 g/mol. The maximum Gasteiger partial charge on any atom is 0.342 e. The van der Waals surface area contributed by atoms with Crippen LogP contribution in [0.3, 0.4) is 0 Å². The maximum absolute atomic E-state index is 15.1. The first-order chi connectivity index (χ1) is 31.8. The highest BCUT2D eigenvalue weighted by Gasteiger charge is 2.49. The Labute approximate surface area is 381 Å². The lowest BCUT2D eigenvalue weighted by Gasteiger charge is -2.36. The SMILES string of the molecule is COc1cc(C(=O)NC2CCN(CCCC3CCCN(c4cccc5c4C(=O)N(C4CCC(=O)NC4=O)C5=O)C3)CC2)ccc1Nc1ncc2c(n1)N(C1CCCC1)CC(F)(F)C(=O)N2C. The average molecular weight is 911 g/mol. The first-order valence-corrected chi connectivity index (χ1v) is 23.2. The molecule has 3 aromatic rings. The highest BCUT2D eigenvalue weighted by atomic mass is 19.3. The summed E-state index contributed by atoms with van der Waals surface area (Å²) in [6.07, 6.45) is 10.5. The number of alkyl halides is 2. The fraction of sp³-hybridized carbons (Fsp3) is 0.532. The number of carbonyl (C=O) groups is 6. The molecule has 3 N–H and O–H groups in total. The number of amides is 6. The van der Waals surface area contributed by atoms with Gasteiger partial charge in [0.2, 0.25) is 17.8 Å². The minimum atomic E-state index is -3.58. The van der Waals surface area contributed by atoms with Crippen LogP contribution in [0, 0.1) is 5.92 Å². The fourth-order valence-corrected chi connectivity index (χ4v) is 10.6. The number of hydrogen-bond acceptors (Lipinski definition) is 13. The zero-order valence-electron chi connectivity index (χ0n) is 37.3. The molecule has 6 heterocycles. The smallest absolute Gasteiger partial charge is 0.342 e. The predicted molar refractivity (Wildman–Crippen MR) is 240 cm³/mol. The number of piperidine rings is 3. The van der Waals surface area contributed by atoms with E-state index in [9.17, 15) is 28.8 Å². The largest absolute Gasteiger partial charge is 0.495 e. The highest BCUT2D eigenvalue weighted by Crippen LogP contribution is 2.41. The van der Waals surface area contributed by atoms with Crippen molar-refractivity contribution in [2.75, 3.05) is 73.4 Å². The zero-order chi connectivity index (χ0) is 46.3. The van der Waals surface area contributed by atoms with Crippen LogP contribution in [0.5, 0.6) is 5.75 Å². The molecule has 0 radical (unpaired) electrons. The van der Waals surface area contributed by atoms with Gasteiger partial charge < -0.3 is 35.0 Å². The number of likely N-dealkylation sites (tertiary alicyclic amines) is 1. The summed E-state index contributed by atoms with van der Waals surface area (Å²) >= 11 is 0. The molecule has 17 nitrogen and oxygen atoms in total. The lowest BCUT2D eigenvalue weighted by atomic mass is 9.92. The normalized spacial score (nSPS) is 22.9. The van der Waals surface area contributed by atoms with Gasteiger partial charge in [-0.15, -0.1) is 0 Å². The van der Waals surface area contributed by atoms with Crippen LogP contribution in [0.4, 0.5) is 37.6 Å². The number of nitrogens with zero attached hydrogens (tertiary/aromatic N) is 7. The first-order valence-electron chi connectivity index (χ1n) is 23.2. The van der Waals surface area contributed by atoms with Crippen molar-refractivity contribution in [1.82, 2.24) is 30.4 Å². The van der Waals surface area contributed by atoms with Crippen molar-refractivity contribution in [3.05, 3.63) is 59.3 Å². The third-order valence-electron chi connectivity index (χ3n) is 14.2. The number of fused-ring (bicyclic) bond motifs is 2. The molecule has 350 valence electrons. The molecule has 1 aromatic heterocycles. The van der Waals surface area contributed by atoms with Crippen molar-refractivity contribution in [3.8, 4) is 5.75 Å². The van der Waals surface area contributed by atoms with Crippen LogP contribution in [0.1, 0.15) is 108 Å². The third kappa shape index (κ3) is 8.88. The molecule has 1 aliphatic carbocycles. The summed E-state index contributed by atoms with van der Waals surface area (Å²) in [7, 11) is 2.80. The second kappa shape index (κ2) is 18.6. The number of imide groups is 2. The molecular weight excluding hydrogens is 855 g/mol. The number of benzene rings is 2. The molecule has 19 heteroatoms. The lowest BCUT2D eigenvalue weighted by Crippen LogP contribution is -2.54. The summed E-state index contributed by atoms with van der Waals surface area (Å²) in [4.78, 5) is 94.8. The highest BCUT2D eigenvalue weighted by molar-refractivity contribution is 6.25. The van der Waals surface area contributed by atoms with E-state index in [1.54, 1.807) is 35.2 Å². The molecule has 9 rings (SSSR count). The van der Waals surface area contributed by atoms with E-state index in [4.69, 9.17) is 4.74 Å². The summed E-state index contributed by atoms with van der Waals surface area (Å²) in [6.45, 7) is 3.40. The van der Waals surface area contributed by atoms with Crippen LogP contribution in [0.2, 0.25) is 0 Å². The van der Waals surface area contributed by atoms with Crippen molar-refractivity contribution < 1.29 is 42.3 Å². The molecule has 2 aromatic carbocycles. The van der Waals surface area contributed by atoms with Crippen LogP contribution in [0.15, 0.2) is 42.6 Å². The number of aromatic nitrogens is 2. The number of hydrogen-bond donors (Lipinski definition) is 3. The molecule has 0 bridgehead atoms. The molecule has 66 heavy (non-hydrogen) atoms. The van der Waals surface area contributed by atoms with Gasteiger partial charge in [-0.2, -0.15) is 13.8 Å². The number of methoxy groups -OCH3 is 1. The number of halogens is 2. The third-order valence-corrected chi connectivity index (χ3v) is 14.2. The molecule has 6 aliphatic rings. The van der Waals surface area contributed by atoms with Gasteiger partial charge in [0.25, 0.3) is 23.6 Å². The van der Waals surface area contributed by atoms with E-state index in [1.807, 2.05) is 6.07 Å². The Morgan fingerprint density at radius 3 is 2.48 bits per heavy atom. The van der Waals surface area contributed by atoms with Crippen molar-refractivity contribution in [3.63, 3.8) is 0 Å². The van der Waals surface area contributed by atoms with E-state index in [0.29, 0.717) is 39.7 Å². The Kier molecular flexibility index (Phi) is 12.6. The van der Waals surface area contributed by atoms with Gasteiger partial charge in [-0.25, -0.2) is 4.98 Å². The Morgan fingerprint density at radius 1 is 0.939 bits per heavy atom. The fourth-order valence-electron chi connectivity index (χ4n) is 10.6. The number of rotatable bonds is 12. The molecule has 0 spiro atoms. The predicted octanol–water partition coefficient (Wildman–Crippen LogP) is 4.88. The van der Waals surface area contributed by atoms with Crippen molar-refractivity contribution in [2.24, 2.45) is 5.92 Å². The Bertz CT molecular complexity index is 2420. The lowest BCUT2D eigenvalue weighted by molar-refractivity contribution is -0.140. The van der Waals surface area contributed by atoms with Gasteiger partial charge in [0.05, 0.1) is 42.4 Å². The topological polar surface area (TPSA) is 190 Å². The Hall–Kier alpha value is -6.24. The molecule has 2 atom stereocenters. The summed E-state index contributed by atoms with van der Waals surface area (Å²) in [6, 6.07) is 9.14. The number of anilines is 5. The van der Waals surface area contributed by atoms with Crippen LogP contribution < -0.4 is 35.4 Å². The van der Waals surface area contributed by atoms with E-state index in [-0.39, 0.29) is 48.3 Å². The second-order valence-electron chi connectivity index (χ2n) is 18.4. The van der Waals surface area contributed by atoms with Crippen LogP contribution in [-0.2, 0) is 14.4 Å². The van der Waals surface area contributed by atoms with E-state index >= 15 is 8.78 Å². The number of nitrogens with one attached hydrogen (secondary N) is 3. The number of ether oxygens (including phenoxy) is 1. The van der Waals surface area contributed by atoms with Crippen molar-refractivity contribution >= 4 is 64.3 Å². The Balaban J connectivity index is 0.755. The molecule has 5 aliphatic heterocycles. The van der Waals surface area contributed by atoms with Crippen LogP contribution in [0.25, 0.3) is 0 Å². The zero-order valence-corrected chi connectivity index (χ0v) is 37.3. The van der Waals surface area contributed by atoms with E-state index in [0.717, 1.165) is 107 Å². The first kappa shape index (κ1) is 44.9. The van der Waals surface area contributed by atoms with Gasteiger partial charge in [0.1, 0.15) is 17.5 Å². The molecule has 1 saturated carbocycles. The van der Waals surface area contributed by atoms with Gasteiger partial charge in [0, 0.05) is 57.3 Å². The van der Waals surface area contributed by atoms with Gasteiger partial charge in [-0.05, 0) is 101 Å². The van der Waals surface area contributed by atoms with Gasteiger partial charge >= 0.3 is 5.92 Å². The molecule has 2 unspecified atom stereocenters. The molecular formula is C47H56F2N10O7. The summed E-state index contributed by atoms with van der Waals surface area (Å²) < 4.78 is 35.8. The number of carbonyl (C=O) groups excluding carboxylic acids is 6. The average Bonchev–Trinajstić information content (AvgIpc) is 3.93. The molecule has 4 fully saturated rings. The van der Waals surface area contributed by atoms with Gasteiger partial charge in [-0.1, -0.05) is 18.9 Å². The van der Waals surface area contributed by atoms with E-state index in [1.165, 1.54) is 20.4 Å². The van der Waals surface area contributed by atoms with Crippen molar-refractivity contribution in [1.29, 1.82) is 0 Å². The summed E-state index contributed by atoms with van der Waals surface area (Å²) in [5.74, 6) is -5.92. The minimum Gasteiger partial charge on any atom is -0.495 e. The van der Waals surface area contributed by atoms with E-state index < -0.39 is 48.0 Å². The van der Waals surface area contributed by atoms with E-state index in [2.05, 4.69) is 35.7 Å². The maximum atomic E-state index is 15.1. The summed E-state index contributed by atoms with van der Waals surface area (Å²) in [5, 5.41) is 8.58. The molecule has 6 amide bonds. The van der Waals surface area contributed by atoms with Crippen LogP contribution >= 0.6 is 0 Å². The van der Waals surface area contributed by atoms with Crippen LogP contribution in [-0.4, -0.2) is 133 Å². The summed E-state index contributed by atoms with van der Waals surface area (Å²) in [5.41, 5.74) is 2.46. The minimum absolute atomic E-state index is 0.00531. The standard InChI is InChI=1S/C47H56F2N10O7/c1-55-36-25-50-46(54-40(36)58(31-10-3-4-11-31)27-47(48,49)45(55)65)52-33-15-14-29(24-37(33)66-2)41(61)51-30-18-22-56(23-19-30)20-6-8-28-9-7-21-57(26-28)34-13-5-12-32-39(34)44(64)59(43(32)63)35-16-17-38(60)53-42(35)62/h5,12-15,24-25,28,30-31,35H,3-4,6-11,16-23,26-27H2,1-2H3,(H,51,61)(H,50,52,54)(H,53,60,62). The van der Waals surface area contributed by atoms with Gasteiger partial charge in [-0.3, -0.25) is 39.0 Å². The van der Waals surface area contributed by atoms with Crippen molar-refractivity contribution in [2.45, 2.75) is 101 Å². The second-order valence-corrected chi connectivity index (χ2v) is 18.4. The van der Waals surface area contributed by atoms with Gasteiger partial charge in [0.15, 0.2) is 5.82 Å². The molecule has 3 saturated heterocycles. The quantitative estimate of drug-likeness (QED) is 0.209. The Morgan fingerprint density at radius 2 is 1.73 bits per heavy atom.